The number of quaternary nitrogens is 1. The zero-order valence-corrected chi connectivity index (χ0v) is 14.5. The van der Waals surface area contributed by atoms with Gasteiger partial charge in [0, 0.05) is 10.6 Å². The predicted molar refractivity (Wildman–Crippen MR) is 91.5 cm³/mol. The summed E-state index contributed by atoms with van der Waals surface area (Å²) in [6.07, 6.45) is 0. The summed E-state index contributed by atoms with van der Waals surface area (Å²) >= 11 is 5.78. The van der Waals surface area contributed by atoms with Crippen LogP contribution >= 0.6 is 11.6 Å². The van der Waals surface area contributed by atoms with E-state index in [4.69, 9.17) is 16.3 Å². The first-order valence-electron chi connectivity index (χ1n) is 7.89. The molecule has 4 nitrogen and oxygen atoms in total. The summed E-state index contributed by atoms with van der Waals surface area (Å²) in [5.41, 5.74) is 0.623. The number of nitrogens with one attached hydrogen (secondary N) is 1. The first-order valence-corrected chi connectivity index (χ1v) is 8.27. The number of ether oxygens (including phenoxy) is 1. The minimum absolute atomic E-state index is 0.158. The largest absolute Gasteiger partial charge is 0.492 e. The van der Waals surface area contributed by atoms with E-state index in [-0.39, 0.29) is 18.5 Å². The Morgan fingerprint density at radius 1 is 1.20 bits per heavy atom. The third kappa shape index (κ3) is 6.32. The Balaban J connectivity index is 1.66. The van der Waals surface area contributed by atoms with Crippen LogP contribution in [0, 0.1) is 11.6 Å². The number of benzene rings is 2. The molecule has 2 aromatic carbocycles. The lowest BCUT2D eigenvalue weighted by atomic mass is 10.1. The SMILES string of the molecule is C[C@H]([NH2+]CC(=O)NCCOc1ccc(Cl)cc1)c1ccc(F)c(F)c1. The van der Waals surface area contributed by atoms with Gasteiger partial charge in [-0.25, -0.2) is 8.78 Å². The van der Waals surface area contributed by atoms with Gasteiger partial charge in [0.1, 0.15) is 18.4 Å². The van der Waals surface area contributed by atoms with Crippen molar-refractivity contribution in [3.05, 3.63) is 64.7 Å². The van der Waals surface area contributed by atoms with E-state index < -0.39 is 11.6 Å². The van der Waals surface area contributed by atoms with Crippen molar-refractivity contribution in [1.82, 2.24) is 5.32 Å². The molecule has 0 unspecified atom stereocenters. The molecule has 0 bridgehead atoms. The van der Waals surface area contributed by atoms with Gasteiger partial charge in [-0.1, -0.05) is 11.6 Å². The summed E-state index contributed by atoms with van der Waals surface area (Å²) in [5.74, 6) is -1.25. The quantitative estimate of drug-likeness (QED) is 0.702. The van der Waals surface area contributed by atoms with Gasteiger partial charge in [-0.3, -0.25) is 4.79 Å². The fourth-order valence-electron chi connectivity index (χ4n) is 2.18. The van der Waals surface area contributed by atoms with E-state index in [0.29, 0.717) is 29.5 Å². The van der Waals surface area contributed by atoms with Gasteiger partial charge in [-0.15, -0.1) is 0 Å². The van der Waals surface area contributed by atoms with Gasteiger partial charge >= 0.3 is 0 Å². The molecule has 25 heavy (non-hydrogen) atoms. The Morgan fingerprint density at radius 2 is 1.92 bits per heavy atom. The van der Waals surface area contributed by atoms with Crippen molar-refractivity contribution < 1.29 is 23.6 Å². The second-order valence-corrected chi connectivity index (χ2v) is 5.99. The van der Waals surface area contributed by atoms with E-state index in [1.165, 1.54) is 6.07 Å². The standard InChI is InChI=1S/C18H19ClF2N2O2/c1-12(13-2-7-16(20)17(21)10-13)23-11-18(24)22-8-9-25-15-5-3-14(19)4-6-15/h2-7,10,12,23H,8-9,11H2,1H3,(H,22,24)/p+1/t12-/m0/s1. The van der Waals surface area contributed by atoms with Gasteiger partial charge in [0.05, 0.1) is 6.54 Å². The lowest BCUT2D eigenvalue weighted by Crippen LogP contribution is -2.87. The van der Waals surface area contributed by atoms with Crippen LogP contribution in [0.3, 0.4) is 0 Å². The lowest BCUT2D eigenvalue weighted by Gasteiger charge is -2.12. The number of hydrogen-bond donors (Lipinski definition) is 2. The number of hydrogen-bond acceptors (Lipinski definition) is 2. The van der Waals surface area contributed by atoms with E-state index >= 15 is 0 Å². The van der Waals surface area contributed by atoms with Crippen LogP contribution in [0.2, 0.25) is 5.02 Å². The molecule has 0 saturated carbocycles. The minimum atomic E-state index is -0.887. The van der Waals surface area contributed by atoms with Gasteiger partial charge in [-0.2, -0.15) is 0 Å². The molecule has 7 heteroatoms. The molecule has 0 aliphatic carbocycles. The molecule has 0 fully saturated rings. The van der Waals surface area contributed by atoms with Crippen LogP contribution in [-0.2, 0) is 4.79 Å². The molecule has 2 rings (SSSR count). The average Bonchev–Trinajstić information content (AvgIpc) is 2.60. The predicted octanol–water partition coefficient (Wildman–Crippen LogP) is 2.44. The Kier molecular flexibility index (Phi) is 7.16. The molecule has 1 amide bonds. The van der Waals surface area contributed by atoms with Crippen molar-refractivity contribution in [2.24, 2.45) is 0 Å². The number of carbonyl (C=O) groups excluding carboxylic acids is 1. The average molecular weight is 370 g/mol. The van der Waals surface area contributed by atoms with Crippen molar-refractivity contribution in [3.8, 4) is 5.75 Å². The highest BCUT2D eigenvalue weighted by Crippen LogP contribution is 2.15. The first kappa shape index (κ1) is 19.1. The van der Waals surface area contributed by atoms with Crippen molar-refractivity contribution in [2.45, 2.75) is 13.0 Å². The van der Waals surface area contributed by atoms with Crippen LogP contribution in [0.15, 0.2) is 42.5 Å². The zero-order chi connectivity index (χ0) is 18.2. The van der Waals surface area contributed by atoms with Crippen molar-refractivity contribution >= 4 is 17.5 Å². The molecular formula is C18H20ClF2N2O2+. The lowest BCUT2D eigenvalue weighted by molar-refractivity contribution is -0.682. The fraction of sp³-hybridized carbons (Fsp3) is 0.278. The van der Waals surface area contributed by atoms with Crippen molar-refractivity contribution in [3.63, 3.8) is 0 Å². The molecule has 0 spiro atoms. The Morgan fingerprint density at radius 3 is 2.60 bits per heavy atom. The highest BCUT2D eigenvalue weighted by atomic mass is 35.5. The summed E-state index contributed by atoms with van der Waals surface area (Å²) in [6, 6.07) is 10.5. The number of carbonyl (C=O) groups is 1. The minimum Gasteiger partial charge on any atom is -0.492 e. The van der Waals surface area contributed by atoms with Crippen molar-refractivity contribution in [1.29, 1.82) is 0 Å². The van der Waals surface area contributed by atoms with Gasteiger partial charge in [0.15, 0.2) is 18.2 Å². The smallest absolute Gasteiger partial charge is 0.275 e. The van der Waals surface area contributed by atoms with Crippen molar-refractivity contribution in [2.75, 3.05) is 19.7 Å². The molecule has 0 aliphatic heterocycles. The molecule has 0 saturated heterocycles. The summed E-state index contributed by atoms with van der Waals surface area (Å²) in [4.78, 5) is 11.8. The molecule has 0 radical (unpaired) electrons. The van der Waals surface area contributed by atoms with Crippen LogP contribution < -0.4 is 15.4 Å². The first-order chi connectivity index (χ1) is 12.0. The second kappa shape index (κ2) is 9.34. The molecule has 1 atom stereocenters. The highest BCUT2D eigenvalue weighted by Gasteiger charge is 2.13. The zero-order valence-electron chi connectivity index (χ0n) is 13.8. The third-order valence-corrected chi connectivity index (χ3v) is 3.88. The maximum atomic E-state index is 13.2. The Labute approximate surface area is 150 Å². The maximum absolute atomic E-state index is 13.2. The van der Waals surface area contributed by atoms with E-state index in [0.717, 1.165) is 12.1 Å². The fourth-order valence-corrected chi connectivity index (χ4v) is 2.30. The van der Waals surface area contributed by atoms with Crippen LogP contribution in [0.4, 0.5) is 8.78 Å². The molecular weight excluding hydrogens is 350 g/mol. The van der Waals surface area contributed by atoms with Gasteiger partial charge in [0.2, 0.25) is 0 Å². The number of nitrogens with two attached hydrogens (primary N) is 1. The monoisotopic (exact) mass is 369 g/mol. The summed E-state index contributed by atoms with van der Waals surface area (Å²) in [7, 11) is 0. The Bertz CT molecular complexity index is 711. The van der Waals surface area contributed by atoms with Crippen LogP contribution in [0.1, 0.15) is 18.5 Å². The number of amides is 1. The molecule has 0 heterocycles. The molecule has 3 N–H and O–H groups in total. The topological polar surface area (TPSA) is 54.9 Å². The number of rotatable bonds is 8. The van der Waals surface area contributed by atoms with Crippen LogP contribution in [0.25, 0.3) is 0 Å². The van der Waals surface area contributed by atoms with Crippen LogP contribution in [-0.4, -0.2) is 25.6 Å². The second-order valence-electron chi connectivity index (χ2n) is 5.55. The van der Waals surface area contributed by atoms with Gasteiger partial charge < -0.3 is 15.4 Å². The van der Waals surface area contributed by atoms with E-state index in [1.807, 2.05) is 6.92 Å². The van der Waals surface area contributed by atoms with Crippen LogP contribution in [0.5, 0.6) is 5.75 Å². The summed E-state index contributed by atoms with van der Waals surface area (Å²) in [6.45, 7) is 2.71. The molecule has 134 valence electrons. The summed E-state index contributed by atoms with van der Waals surface area (Å²) in [5, 5.41) is 5.12. The van der Waals surface area contributed by atoms with E-state index in [2.05, 4.69) is 5.32 Å². The molecule has 0 aliphatic rings. The molecule has 0 aromatic heterocycles. The van der Waals surface area contributed by atoms with Gasteiger partial charge in [0.25, 0.3) is 5.91 Å². The normalized spacial score (nSPS) is 11.8. The maximum Gasteiger partial charge on any atom is 0.275 e. The van der Waals surface area contributed by atoms with E-state index in [1.54, 1.807) is 29.6 Å². The molecule has 2 aromatic rings. The van der Waals surface area contributed by atoms with Gasteiger partial charge in [-0.05, 0) is 49.4 Å². The third-order valence-electron chi connectivity index (χ3n) is 3.63. The Hall–Kier alpha value is -2.18. The highest BCUT2D eigenvalue weighted by molar-refractivity contribution is 6.30. The van der Waals surface area contributed by atoms with E-state index in [9.17, 15) is 13.6 Å². The number of halogens is 3. The summed E-state index contributed by atoms with van der Waals surface area (Å²) < 4.78 is 31.6.